The fourth-order valence-corrected chi connectivity index (χ4v) is 4.42. The molecule has 0 aliphatic rings. The lowest BCUT2D eigenvalue weighted by atomic mass is 9.89. The summed E-state index contributed by atoms with van der Waals surface area (Å²) in [5.41, 5.74) is 7.45. The third-order valence-electron chi connectivity index (χ3n) is 6.55. The van der Waals surface area contributed by atoms with Gasteiger partial charge in [0.25, 0.3) is 0 Å². The minimum Gasteiger partial charge on any atom is -0.493 e. The molecule has 0 unspecified atom stereocenters. The van der Waals surface area contributed by atoms with E-state index in [-0.39, 0.29) is 0 Å². The van der Waals surface area contributed by atoms with Gasteiger partial charge in [-0.1, -0.05) is 88.6 Å². The van der Waals surface area contributed by atoms with Crippen LogP contribution in [0.3, 0.4) is 0 Å². The molecule has 34 heavy (non-hydrogen) atoms. The Labute approximate surface area is 207 Å². The zero-order chi connectivity index (χ0) is 24.6. The average molecular weight is 459 g/mol. The molecule has 0 saturated carbocycles. The molecule has 0 aliphatic carbocycles. The molecule has 0 amide bonds. The number of unbranched alkanes of at least 4 members (excludes halogenated alkanes) is 3. The second-order valence-electron chi connectivity index (χ2n) is 9.85. The van der Waals surface area contributed by atoms with Crippen LogP contribution in [0.5, 0.6) is 5.75 Å². The molecule has 3 rings (SSSR count). The summed E-state index contributed by atoms with van der Waals surface area (Å²) in [6.45, 7) is 10.9. The van der Waals surface area contributed by atoms with Crippen LogP contribution in [0.1, 0.15) is 83.4 Å². The number of aryl methyl sites for hydroxylation is 2. The maximum atomic E-state index is 10.8. The maximum absolute atomic E-state index is 10.8. The molecule has 182 valence electrons. The van der Waals surface area contributed by atoms with Crippen LogP contribution >= 0.6 is 0 Å². The monoisotopic (exact) mass is 458 g/mol. The highest BCUT2D eigenvalue weighted by molar-refractivity contribution is 5.75. The van der Waals surface area contributed by atoms with Crippen LogP contribution in [0.25, 0.3) is 22.3 Å². The first-order valence-corrected chi connectivity index (χ1v) is 13.1. The molecule has 3 aromatic carbocycles. The van der Waals surface area contributed by atoms with E-state index < -0.39 is 5.60 Å². The third kappa shape index (κ3) is 6.73. The van der Waals surface area contributed by atoms with Gasteiger partial charge in [0.2, 0.25) is 0 Å². The van der Waals surface area contributed by atoms with Crippen LogP contribution in [0.4, 0.5) is 0 Å². The molecular formula is C32H42O2. The predicted molar refractivity (Wildman–Crippen MR) is 146 cm³/mol. The normalized spacial score (nSPS) is 11.6. The van der Waals surface area contributed by atoms with Gasteiger partial charge in [-0.2, -0.15) is 0 Å². The topological polar surface area (TPSA) is 29.5 Å². The van der Waals surface area contributed by atoms with Gasteiger partial charge < -0.3 is 9.84 Å². The molecule has 3 aromatic rings. The molecule has 0 saturated heterocycles. The van der Waals surface area contributed by atoms with Gasteiger partial charge in [-0.15, -0.1) is 0 Å². The van der Waals surface area contributed by atoms with Gasteiger partial charge in [0.05, 0.1) is 12.2 Å². The summed E-state index contributed by atoms with van der Waals surface area (Å²) in [5, 5.41) is 10.8. The van der Waals surface area contributed by atoms with E-state index in [4.69, 9.17) is 4.74 Å². The van der Waals surface area contributed by atoms with Gasteiger partial charge in [0.15, 0.2) is 0 Å². The summed E-state index contributed by atoms with van der Waals surface area (Å²) < 4.78 is 6.01. The fraction of sp³-hybridized carbons (Fsp3) is 0.438. The molecule has 2 heteroatoms. The number of hydrogen-bond acceptors (Lipinski definition) is 2. The predicted octanol–water partition coefficient (Wildman–Crippen LogP) is 8.72. The van der Waals surface area contributed by atoms with Crippen molar-refractivity contribution < 1.29 is 9.84 Å². The van der Waals surface area contributed by atoms with E-state index in [9.17, 15) is 5.11 Å². The Morgan fingerprint density at radius 3 is 2.06 bits per heavy atom. The van der Waals surface area contributed by atoms with Crippen molar-refractivity contribution in [2.24, 2.45) is 0 Å². The van der Waals surface area contributed by atoms with Crippen LogP contribution in [0.15, 0.2) is 60.7 Å². The van der Waals surface area contributed by atoms with Crippen molar-refractivity contribution in [1.29, 1.82) is 0 Å². The van der Waals surface area contributed by atoms with Gasteiger partial charge in [-0.25, -0.2) is 0 Å². The minimum absolute atomic E-state index is 0.672. The Hall–Kier alpha value is -2.58. The lowest BCUT2D eigenvalue weighted by Crippen LogP contribution is -2.17. The van der Waals surface area contributed by atoms with Crippen molar-refractivity contribution in [1.82, 2.24) is 0 Å². The molecule has 1 N–H and O–H groups in total. The van der Waals surface area contributed by atoms with E-state index >= 15 is 0 Å². The van der Waals surface area contributed by atoms with Gasteiger partial charge in [-0.05, 0) is 85.0 Å². The molecule has 0 radical (unpaired) electrons. The van der Waals surface area contributed by atoms with Crippen molar-refractivity contribution in [3.05, 3.63) is 77.4 Å². The summed E-state index contributed by atoms with van der Waals surface area (Å²) in [7, 11) is 0. The molecule has 0 bridgehead atoms. The van der Waals surface area contributed by atoms with Crippen LogP contribution in [-0.2, 0) is 18.4 Å². The van der Waals surface area contributed by atoms with Crippen LogP contribution in [0.2, 0.25) is 0 Å². The lowest BCUT2D eigenvalue weighted by Gasteiger charge is -2.23. The van der Waals surface area contributed by atoms with Gasteiger partial charge in [0, 0.05) is 5.56 Å². The molecule has 0 aromatic heterocycles. The standard InChI is InChI=1S/C32H42O2/c1-6-9-11-12-24-13-15-26(16-14-24)27-17-19-29(25(8-3)22-27)28-18-20-31(34-21-10-7-2)30(23-28)32(4,5)33/h13-20,22-23,33H,6-12,21H2,1-5H3. The number of rotatable bonds is 12. The summed E-state index contributed by atoms with van der Waals surface area (Å²) in [6, 6.07) is 22.1. The van der Waals surface area contributed by atoms with Gasteiger partial charge in [-0.3, -0.25) is 0 Å². The van der Waals surface area contributed by atoms with Crippen molar-refractivity contribution >= 4 is 0 Å². The second kappa shape index (κ2) is 12.2. The molecule has 0 spiro atoms. The first-order chi connectivity index (χ1) is 16.4. The Morgan fingerprint density at radius 2 is 1.41 bits per heavy atom. The van der Waals surface area contributed by atoms with E-state index in [0.29, 0.717) is 6.61 Å². The highest BCUT2D eigenvalue weighted by Gasteiger charge is 2.22. The van der Waals surface area contributed by atoms with E-state index in [2.05, 4.69) is 75.4 Å². The van der Waals surface area contributed by atoms with Crippen LogP contribution < -0.4 is 4.74 Å². The first-order valence-electron chi connectivity index (χ1n) is 13.1. The fourth-order valence-electron chi connectivity index (χ4n) is 4.42. The highest BCUT2D eigenvalue weighted by Crippen LogP contribution is 2.36. The molecule has 0 aliphatic heterocycles. The van der Waals surface area contributed by atoms with E-state index in [1.165, 1.54) is 47.1 Å². The van der Waals surface area contributed by atoms with E-state index in [1.54, 1.807) is 0 Å². The zero-order valence-electron chi connectivity index (χ0n) is 21.8. The number of benzene rings is 3. The quantitative estimate of drug-likeness (QED) is 0.275. The molecule has 0 fully saturated rings. The SMILES string of the molecule is CCCCCc1ccc(-c2ccc(-c3ccc(OCCCC)c(C(C)(C)O)c3)c(CC)c2)cc1. The number of ether oxygens (including phenoxy) is 1. The van der Waals surface area contributed by atoms with Crippen molar-refractivity contribution in [2.45, 2.75) is 85.2 Å². The average Bonchev–Trinajstić information content (AvgIpc) is 2.84. The van der Waals surface area contributed by atoms with Gasteiger partial charge >= 0.3 is 0 Å². The van der Waals surface area contributed by atoms with Crippen LogP contribution in [0, 0.1) is 0 Å². The van der Waals surface area contributed by atoms with Crippen molar-refractivity contribution in [2.75, 3.05) is 6.61 Å². The number of hydrogen-bond donors (Lipinski definition) is 1. The molecular weight excluding hydrogens is 416 g/mol. The Bertz CT molecular complexity index is 1040. The third-order valence-corrected chi connectivity index (χ3v) is 6.55. The molecule has 0 atom stereocenters. The largest absolute Gasteiger partial charge is 0.493 e. The van der Waals surface area contributed by atoms with Crippen molar-refractivity contribution in [3.8, 4) is 28.0 Å². The lowest BCUT2D eigenvalue weighted by molar-refractivity contribution is 0.0747. The molecule has 0 heterocycles. The Morgan fingerprint density at radius 1 is 0.735 bits per heavy atom. The van der Waals surface area contributed by atoms with Crippen molar-refractivity contribution in [3.63, 3.8) is 0 Å². The summed E-state index contributed by atoms with van der Waals surface area (Å²) in [4.78, 5) is 0. The Kier molecular flexibility index (Phi) is 9.36. The van der Waals surface area contributed by atoms with Crippen LogP contribution in [-0.4, -0.2) is 11.7 Å². The second-order valence-corrected chi connectivity index (χ2v) is 9.85. The minimum atomic E-state index is -0.969. The first kappa shape index (κ1) is 26.0. The van der Waals surface area contributed by atoms with E-state index in [1.807, 2.05) is 19.9 Å². The maximum Gasteiger partial charge on any atom is 0.125 e. The molecule has 2 nitrogen and oxygen atoms in total. The zero-order valence-corrected chi connectivity index (χ0v) is 21.8. The number of aliphatic hydroxyl groups is 1. The Balaban J connectivity index is 1.89. The van der Waals surface area contributed by atoms with Gasteiger partial charge in [0.1, 0.15) is 5.75 Å². The smallest absolute Gasteiger partial charge is 0.125 e. The summed E-state index contributed by atoms with van der Waals surface area (Å²) in [5.74, 6) is 0.776. The summed E-state index contributed by atoms with van der Waals surface area (Å²) in [6.07, 6.45) is 8.03. The summed E-state index contributed by atoms with van der Waals surface area (Å²) >= 11 is 0. The van der Waals surface area contributed by atoms with E-state index in [0.717, 1.165) is 42.6 Å². The highest BCUT2D eigenvalue weighted by atomic mass is 16.5.